The van der Waals surface area contributed by atoms with E-state index < -0.39 is 5.97 Å². The summed E-state index contributed by atoms with van der Waals surface area (Å²) < 4.78 is 1.81. The van der Waals surface area contributed by atoms with E-state index in [0.717, 1.165) is 23.7 Å². The highest BCUT2D eigenvalue weighted by molar-refractivity contribution is 7.99. The second-order valence-corrected chi connectivity index (χ2v) is 5.80. The fraction of sp³-hybridized carbons (Fsp3) is 0.385. The molecule has 2 aromatic heterocycles. The molecule has 0 saturated carbocycles. The van der Waals surface area contributed by atoms with Crippen LogP contribution in [0.25, 0.3) is 5.65 Å². The van der Waals surface area contributed by atoms with Crippen molar-refractivity contribution in [3.63, 3.8) is 0 Å². The van der Waals surface area contributed by atoms with Crippen LogP contribution >= 0.6 is 11.8 Å². The van der Waals surface area contributed by atoms with E-state index in [4.69, 9.17) is 5.11 Å². The average molecular weight is 262 g/mol. The number of hydrogen-bond donors (Lipinski definition) is 1. The van der Waals surface area contributed by atoms with Crippen LogP contribution in [0.2, 0.25) is 0 Å². The van der Waals surface area contributed by atoms with Gasteiger partial charge in [-0.3, -0.25) is 0 Å². The summed E-state index contributed by atoms with van der Waals surface area (Å²) in [7, 11) is 0. The molecule has 0 spiro atoms. The minimum Gasteiger partial charge on any atom is -0.478 e. The lowest BCUT2D eigenvalue weighted by Crippen LogP contribution is -2.02. The number of nitrogens with zero attached hydrogens (tertiary/aromatic N) is 2. The highest BCUT2D eigenvalue weighted by Crippen LogP contribution is 2.26. The lowest BCUT2D eigenvalue weighted by atomic mass is 10.0. The normalized spacial score (nSPS) is 19.4. The van der Waals surface area contributed by atoms with E-state index in [1.165, 1.54) is 17.9 Å². The fourth-order valence-corrected chi connectivity index (χ4v) is 3.59. The third-order valence-electron chi connectivity index (χ3n) is 3.27. The van der Waals surface area contributed by atoms with Gasteiger partial charge in [0.2, 0.25) is 0 Å². The van der Waals surface area contributed by atoms with Crippen molar-refractivity contribution in [2.24, 2.45) is 5.92 Å². The Bertz CT molecular complexity index is 588. The fourth-order valence-electron chi connectivity index (χ4n) is 2.31. The monoisotopic (exact) mass is 262 g/mol. The summed E-state index contributed by atoms with van der Waals surface area (Å²) in [4.78, 5) is 15.4. The second-order valence-electron chi connectivity index (χ2n) is 4.65. The maximum absolute atomic E-state index is 10.9. The third-order valence-corrected chi connectivity index (χ3v) is 4.50. The molecule has 1 atom stereocenters. The van der Waals surface area contributed by atoms with Gasteiger partial charge < -0.3 is 9.51 Å². The Morgan fingerprint density at radius 3 is 3.11 bits per heavy atom. The van der Waals surface area contributed by atoms with Gasteiger partial charge in [-0.1, -0.05) is 0 Å². The Hall–Kier alpha value is -1.49. The summed E-state index contributed by atoms with van der Waals surface area (Å²) in [5.74, 6) is 2.29. The molecule has 0 radical (unpaired) electrons. The molecule has 2 aromatic rings. The van der Waals surface area contributed by atoms with Crippen LogP contribution in [0, 0.1) is 5.92 Å². The number of carboxylic acids is 1. The first-order valence-electron chi connectivity index (χ1n) is 6.01. The third kappa shape index (κ3) is 2.22. The molecule has 1 unspecified atom stereocenters. The molecule has 1 N–H and O–H groups in total. The molecule has 0 amide bonds. The maximum atomic E-state index is 10.9. The molecule has 5 heteroatoms. The largest absolute Gasteiger partial charge is 0.478 e. The van der Waals surface area contributed by atoms with E-state index in [9.17, 15) is 4.79 Å². The number of pyridine rings is 1. The lowest BCUT2D eigenvalue weighted by Gasteiger charge is -2.03. The van der Waals surface area contributed by atoms with Gasteiger partial charge in [-0.2, -0.15) is 11.8 Å². The number of carboxylic acid groups (broad SMARTS) is 1. The van der Waals surface area contributed by atoms with Crippen molar-refractivity contribution in [2.45, 2.75) is 12.8 Å². The Kier molecular flexibility index (Phi) is 2.99. The van der Waals surface area contributed by atoms with Gasteiger partial charge in [-0.25, -0.2) is 9.78 Å². The van der Waals surface area contributed by atoms with Crippen molar-refractivity contribution >= 4 is 23.4 Å². The summed E-state index contributed by atoms with van der Waals surface area (Å²) in [6, 6.07) is 3.36. The summed E-state index contributed by atoms with van der Waals surface area (Å²) in [5.41, 5.74) is 2.17. The number of aromatic nitrogens is 2. The number of thioether (sulfide) groups is 1. The van der Waals surface area contributed by atoms with Gasteiger partial charge >= 0.3 is 5.97 Å². The molecule has 1 saturated heterocycles. The summed E-state index contributed by atoms with van der Waals surface area (Å²) in [6.07, 6.45) is 5.83. The minimum atomic E-state index is -0.903. The zero-order valence-electron chi connectivity index (χ0n) is 9.87. The van der Waals surface area contributed by atoms with E-state index in [-0.39, 0.29) is 0 Å². The van der Waals surface area contributed by atoms with Crippen LogP contribution in [-0.4, -0.2) is 32.0 Å². The first-order valence-corrected chi connectivity index (χ1v) is 7.16. The van der Waals surface area contributed by atoms with Crippen LogP contribution in [0.3, 0.4) is 0 Å². The molecule has 4 nitrogen and oxygen atoms in total. The number of fused-ring (bicyclic) bond motifs is 1. The molecule has 18 heavy (non-hydrogen) atoms. The molecule has 0 bridgehead atoms. The molecule has 3 heterocycles. The van der Waals surface area contributed by atoms with E-state index >= 15 is 0 Å². The van der Waals surface area contributed by atoms with Gasteiger partial charge in [0, 0.05) is 12.4 Å². The van der Waals surface area contributed by atoms with Gasteiger partial charge in [-0.15, -0.1) is 0 Å². The molecule has 0 aliphatic carbocycles. The highest BCUT2D eigenvalue weighted by Gasteiger charge is 2.17. The SMILES string of the molecule is O=C(O)c1ccc2nc(CC3CCSC3)cn2c1. The van der Waals surface area contributed by atoms with Crippen molar-refractivity contribution in [3.8, 4) is 0 Å². The topological polar surface area (TPSA) is 54.6 Å². The standard InChI is InChI=1S/C13H14N2O2S/c16-13(17)10-1-2-12-14-11(7-15(12)6-10)5-9-3-4-18-8-9/h1-2,6-7,9H,3-5,8H2,(H,16,17). The van der Waals surface area contributed by atoms with Crippen molar-refractivity contribution < 1.29 is 9.90 Å². The van der Waals surface area contributed by atoms with Crippen molar-refractivity contribution in [3.05, 3.63) is 35.8 Å². The molecule has 1 aliphatic heterocycles. The van der Waals surface area contributed by atoms with Crippen LogP contribution in [0.4, 0.5) is 0 Å². The van der Waals surface area contributed by atoms with E-state index in [1.807, 2.05) is 18.0 Å². The molecule has 94 valence electrons. The van der Waals surface area contributed by atoms with Crippen LogP contribution in [0.5, 0.6) is 0 Å². The molecule has 3 rings (SSSR count). The van der Waals surface area contributed by atoms with E-state index in [1.54, 1.807) is 22.7 Å². The molecular weight excluding hydrogens is 248 g/mol. The first-order chi connectivity index (χ1) is 8.72. The quantitative estimate of drug-likeness (QED) is 0.922. The number of hydrogen-bond acceptors (Lipinski definition) is 3. The minimum absolute atomic E-state index is 0.294. The van der Waals surface area contributed by atoms with Gasteiger partial charge in [0.05, 0.1) is 11.3 Å². The number of carbonyl (C=O) groups is 1. The Balaban J connectivity index is 1.87. The van der Waals surface area contributed by atoms with E-state index in [2.05, 4.69) is 4.98 Å². The summed E-state index contributed by atoms with van der Waals surface area (Å²) >= 11 is 2.00. The van der Waals surface area contributed by atoms with Crippen molar-refractivity contribution in [1.82, 2.24) is 9.38 Å². The predicted molar refractivity (Wildman–Crippen MR) is 71.3 cm³/mol. The maximum Gasteiger partial charge on any atom is 0.337 e. The Labute approximate surface area is 109 Å². The van der Waals surface area contributed by atoms with Gasteiger partial charge in [0.25, 0.3) is 0 Å². The zero-order chi connectivity index (χ0) is 12.5. The summed E-state index contributed by atoms with van der Waals surface area (Å²) in [6.45, 7) is 0. The number of aromatic carboxylic acids is 1. The van der Waals surface area contributed by atoms with Gasteiger partial charge in [-0.05, 0) is 42.4 Å². The van der Waals surface area contributed by atoms with Crippen LogP contribution in [0.15, 0.2) is 24.5 Å². The molecule has 1 aliphatic rings. The van der Waals surface area contributed by atoms with Crippen LogP contribution in [0.1, 0.15) is 22.5 Å². The molecular formula is C13H14N2O2S. The smallest absolute Gasteiger partial charge is 0.337 e. The Morgan fingerprint density at radius 2 is 2.39 bits per heavy atom. The number of rotatable bonds is 3. The van der Waals surface area contributed by atoms with E-state index in [0.29, 0.717) is 5.56 Å². The highest BCUT2D eigenvalue weighted by atomic mass is 32.2. The predicted octanol–water partition coefficient (Wildman–Crippen LogP) is 2.33. The molecule has 0 aromatic carbocycles. The van der Waals surface area contributed by atoms with Crippen LogP contribution in [-0.2, 0) is 6.42 Å². The second kappa shape index (κ2) is 4.65. The zero-order valence-corrected chi connectivity index (χ0v) is 10.7. The van der Waals surface area contributed by atoms with Gasteiger partial charge in [0.1, 0.15) is 5.65 Å². The van der Waals surface area contributed by atoms with Crippen molar-refractivity contribution in [2.75, 3.05) is 11.5 Å². The lowest BCUT2D eigenvalue weighted by molar-refractivity contribution is 0.0696. The van der Waals surface area contributed by atoms with Gasteiger partial charge in [0.15, 0.2) is 0 Å². The Morgan fingerprint density at radius 1 is 1.50 bits per heavy atom. The van der Waals surface area contributed by atoms with Crippen LogP contribution < -0.4 is 0 Å². The van der Waals surface area contributed by atoms with Crippen molar-refractivity contribution in [1.29, 1.82) is 0 Å². The average Bonchev–Trinajstić information content (AvgIpc) is 2.96. The number of imidazole rings is 1. The summed E-state index contributed by atoms with van der Waals surface area (Å²) in [5, 5.41) is 8.94. The molecule has 1 fully saturated rings. The first kappa shape index (κ1) is 11.6.